The van der Waals surface area contributed by atoms with Crippen molar-refractivity contribution in [3.8, 4) is 11.4 Å². The number of allylic oxidation sites excluding steroid dienone is 1. The highest BCUT2D eigenvalue weighted by Crippen LogP contribution is 2.26. The number of aromatic nitrogens is 3. The lowest BCUT2D eigenvalue weighted by Crippen LogP contribution is -2.14. The fourth-order valence-corrected chi connectivity index (χ4v) is 2.63. The predicted molar refractivity (Wildman–Crippen MR) is 99.1 cm³/mol. The number of nitrogens with one attached hydrogen (secondary N) is 1. The molecule has 0 saturated heterocycles. The van der Waals surface area contributed by atoms with Crippen molar-refractivity contribution in [3.63, 3.8) is 0 Å². The van der Waals surface area contributed by atoms with E-state index in [9.17, 15) is 10.1 Å². The largest absolute Gasteiger partial charge is 0.289 e. The third-order valence-electron chi connectivity index (χ3n) is 3.80. The molecule has 2 aromatic carbocycles. The molecule has 26 heavy (non-hydrogen) atoms. The number of hydrogen-bond acceptors (Lipinski definition) is 6. The molecule has 0 unspecified atom stereocenters. The Kier molecular flexibility index (Phi) is 3.94. The molecule has 9 heteroatoms. The van der Waals surface area contributed by atoms with Gasteiger partial charge < -0.3 is 0 Å². The standard InChI is InChI=1S/C17H11ClN6O2/c18-13-5-1-11(2-6-13)15-9-10-19-17-21-20-16(23(17)22-15)12-3-7-14(8-4-12)24(25)26/h1-10,22H. The number of nitrogens with zero attached hydrogens (tertiary/aromatic N) is 5. The quantitative estimate of drug-likeness (QED) is 0.561. The summed E-state index contributed by atoms with van der Waals surface area (Å²) < 4.78 is 1.63. The van der Waals surface area contributed by atoms with Crippen molar-refractivity contribution in [2.75, 3.05) is 5.43 Å². The average Bonchev–Trinajstić information content (AvgIpc) is 2.92. The summed E-state index contributed by atoms with van der Waals surface area (Å²) in [5.41, 5.74) is 5.62. The molecule has 1 aliphatic heterocycles. The maximum Gasteiger partial charge on any atom is 0.270 e. The normalized spacial score (nSPS) is 12.7. The Labute approximate surface area is 152 Å². The van der Waals surface area contributed by atoms with Crippen LogP contribution in [0.2, 0.25) is 5.02 Å². The maximum atomic E-state index is 10.8. The van der Waals surface area contributed by atoms with E-state index in [4.69, 9.17) is 11.6 Å². The predicted octanol–water partition coefficient (Wildman–Crippen LogP) is 3.81. The number of aliphatic imine (C=N–C) groups is 1. The van der Waals surface area contributed by atoms with E-state index in [2.05, 4.69) is 20.6 Å². The SMILES string of the molecule is O=[N+]([O-])c1ccc(-c2nnc3n2NC(c2ccc(Cl)cc2)=CC=N3)cc1. The molecule has 1 aliphatic rings. The first-order valence-corrected chi connectivity index (χ1v) is 7.97. The molecule has 2 heterocycles. The molecule has 0 saturated carbocycles. The second kappa shape index (κ2) is 6.41. The maximum absolute atomic E-state index is 10.8. The van der Waals surface area contributed by atoms with Gasteiger partial charge in [-0.05, 0) is 35.9 Å². The Morgan fingerprint density at radius 2 is 1.69 bits per heavy atom. The van der Waals surface area contributed by atoms with Crippen LogP contribution in [0.15, 0.2) is 59.6 Å². The van der Waals surface area contributed by atoms with Gasteiger partial charge in [0, 0.05) is 28.9 Å². The molecule has 0 radical (unpaired) electrons. The van der Waals surface area contributed by atoms with Crippen molar-refractivity contribution in [1.29, 1.82) is 0 Å². The monoisotopic (exact) mass is 366 g/mol. The summed E-state index contributed by atoms with van der Waals surface area (Å²) in [5, 5.41) is 19.7. The second-order valence-corrected chi connectivity index (χ2v) is 5.88. The number of nitro benzene ring substituents is 1. The van der Waals surface area contributed by atoms with Gasteiger partial charge in [0.05, 0.1) is 10.6 Å². The van der Waals surface area contributed by atoms with Gasteiger partial charge in [-0.15, -0.1) is 10.2 Å². The van der Waals surface area contributed by atoms with Crippen LogP contribution in [0.4, 0.5) is 11.6 Å². The van der Waals surface area contributed by atoms with Gasteiger partial charge in [-0.1, -0.05) is 23.7 Å². The highest BCUT2D eigenvalue weighted by Gasteiger charge is 2.17. The van der Waals surface area contributed by atoms with Crippen molar-refractivity contribution in [1.82, 2.24) is 14.9 Å². The molecule has 0 atom stereocenters. The van der Waals surface area contributed by atoms with Crippen molar-refractivity contribution in [3.05, 3.63) is 75.3 Å². The van der Waals surface area contributed by atoms with Crippen molar-refractivity contribution < 1.29 is 4.92 Å². The van der Waals surface area contributed by atoms with Crippen LogP contribution in [-0.2, 0) is 0 Å². The van der Waals surface area contributed by atoms with E-state index in [1.807, 2.05) is 18.2 Å². The van der Waals surface area contributed by atoms with E-state index in [1.165, 1.54) is 12.1 Å². The van der Waals surface area contributed by atoms with Crippen molar-refractivity contribution in [2.24, 2.45) is 4.99 Å². The first kappa shape index (κ1) is 16.0. The zero-order valence-corrected chi connectivity index (χ0v) is 14.0. The van der Waals surface area contributed by atoms with Gasteiger partial charge in [0.1, 0.15) is 0 Å². The number of hydrogen-bond donors (Lipinski definition) is 1. The van der Waals surface area contributed by atoms with Gasteiger partial charge in [-0.3, -0.25) is 15.5 Å². The smallest absolute Gasteiger partial charge is 0.270 e. The van der Waals surface area contributed by atoms with Gasteiger partial charge >= 0.3 is 0 Å². The molecule has 0 bridgehead atoms. The van der Waals surface area contributed by atoms with Crippen molar-refractivity contribution in [2.45, 2.75) is 0 Å². The number of non-ortho nitro benzene ring substituents is 1. The summed E-state index contributed by atoms with van der Waals surface area (Å²) in [4.78, 5) is 14.6. The summed E-state index contributed by atoms with van der Waals surface area (Å²) in [7, 11) is 0. The number of fused-ring (bicyclic) bond motifs is 1. The second-order valence-electron chi connectivity index (χ2n) is 5.44. The number of rotatable bonds is 3. The Morgan fingerprint density at radius 3 is 2.38 bits per heavy atom. The van der Waals surface area contributed by atoms with Gasteiger partial charge in [0.25, 0.3) is 11.6 Å². The van der Waals surface area contributed by atoms with Crippen LogP contribution < -0.4 is 5.43 Å². The molecule has 1 aromatic heterocycles. The molecular weight excluding hydrogens is 356 g/mol. The average molecular weight is 367 g/mol. The fourth-order valence-electron chi connectivity index (χ4n) is 2.51. The number of benzene rings is 2. The highest BCUT2D eigenvalue weighted by atomic mass is 35.5. The topological polar surface area (TPSA) is 98.2 Å². The summed E-state index contributed by atoms with van der Waals surface area (Å²) in [6, 6.07) is 13.5. The first-order chi connectivity index (χ1) is 12.6. The van der Waals surface area contributed by atoms with Crippen LogP contribution >= 0.6 is 11.6 Å². The lowest BCUT2D eigenvalue weighted by Gasteiger charge is -2.13. The summed E-state index contributed by atoms with van der Waals surface area (Å²) in [5.74, 6) is 0.868. The minimum Gasteiger partial charge on any atom is -0.289 e. The van der Waals surface area contributed by atoms with Gasteiger partial charge in [-0.25, -0.2) is 4.99 Å². The van der Waals surface area contributed by atoms with E-state index in [0.29, 0.717) is 22.4 Å². The molecule has 8 nitrogen and oxygen atoms in total. The van der Waals surface area contributed by atoms with Gasteiger partial charge in [0.15, 0.2) is 5.82 Å². The Bertz CT molecular complexity index is 1040. The van der Waals surface area contributed by atoms with Crippen LogP contribution in [0.5, 0.6) is 0 Å². The lowest BCUT2D eigenvalue weighted by atomic mass is 10.1. The van der Waals surface area contributed by atoms with Gasteiger partial charge in [-0.2, -0.15) is 4.68 Å². The minimum atomic E-state index is -0.446. The zero-order chi connectivity index (χ0) is 18.1. The molecule has 0 aliphatic carbocycles. The first-order valence-electron chi connectivity index (χ1n) is 7.59. The highest BCUT2D eigenvalue weighted by molar-refractivity contribution is 6.30. The van der Waals surface area contributed by atoms with E-state index < -0.39 is 4.92 Å². The molecule has 0 spiro atoms. The van der Waals surface area contributed by atoms with E-state index in [1.54, 1.807) is 35.2 Å². The summed E-state index contributed by atoms with van der Waals surface area (Å²) in [6.07, 6.45) is 3.45. The summed E-state index contributed by atoms with van der Waals surface area (Å²) in [6.45, 7) is 0. The minimum absolute atomic E-state index is 0.0112. The number of nitro groups is 1. The third kappa shape index (κ3) is 2.93. The van der Waals surface area contributed by atoms with Crippen LogP contribution in [0.1, 0.15) is 5.56 Å². The number of halogens is 1. The lowest BCUT2D eigenvalue weighted by molar-refractivity contribution is -0.384. The van der Waals surface area contributed by atoms with Crippen LogP contribution in [0.3, 0.4) is 0 Å². The molecule has 3 aromatic rings. The molecule has 4 rings (SSSR count). The molecule has 1 N–H and O–H groups in total. The van der Waals surface area contributed by atoms with Gasteiger partial charge in [0.2, 0.25) is 0 Å². The van der Waals surface area contributed by atoms with Crippen LogP contribution in [-0.4, -0.2) is 26.0 Å². The summed E-state index contributed by atoms with van der Waals surface area (Å²) >= 11 is 5.95. The Balaban J connectivity index is 1.71. The van der Waals surface area contributed by atoms with E-state index in [0.717, 1.165) is 11.3 Å². The van der Waals surface area contributed by atoms with Crippen LogP contribution in [0, 0.1) is 10.1 Å². The fraction of sp³-hybridized carbons (Fsp3) is 0. The van der Waals surface area contributed by atoms with Crippen molar-refractivity contribution >= 4 is 35.1 Å². The molecule has 128 valence electrons. The Hall–Kier alpha value is -3.52. The zero-order valence-electron chi connectivity index (χ0n) is 13.2. The third-order valence-corrected chi connectivity index (χ3v) is 4.05. The van der Waals surface area contributed by atoms with Crippen LogP contribution in [0.25, 0.3) is 17.1 Å². The molecular formula is C17H11ClN6O2. The van der Waals surface area contributed by atoms with E-state index >= 15 is 0 Å². The molecule has 0 amide bonds. The molecule has 0 fully saturated rings. The Morgan fingerprint density at radius 1 is 1.00 bits per heavy atom. The van der Waals surface area contributed by atoms with E-state index in [-0.39, 0.29) is 5.69 Å².